The summed E-state index contributed by atoms with van der Waals surface area (Å²) in [4.78, 5) is 0. The van der Waals surface area contributed by atoms with Gasteiger partial charge in [0.05, 0.1) is 0 Å². The first-order valence-corrected chi connectivity index (χ1v) is 5.68. The zero-order chi connectivity index (χ0) is 11.5. The summed E-state index contributed by atoms with van der Waals surface area (Å²) in [6, 6.07) is 8.93. The maximum atomic E-state index is 6.13. The Morgan fingerprint density at radius 2 is 1.67 bits per heavy atom. The lowest BCUT2D eigenvalue weighted by molar-refractivity contribution is 0.338. The van der Waals surface area contributed by atoms with Crippen molar-refractivity contribution in [1.82, 2.24) is 0 Å². The molecule has 0 aromatic heterocycles. The van der Waals surface area contributed by atoms with Crippen LogP contribution in [0.3, 0.4) is 0 Å². The molecule has 1 aromatic carbocycles. The predicted molar refractivity (Wildman–Crippen MR) is 66.9 cm³/mol. The summed E-state index contributed by atoms with van der Waals surface area (Å²) in [5.74, 6) is 0. The Bertz CT molecular complexity index is 292. The highest BCUT2D eigenvalue weighted by atomic mass is 14.6. The van der Waals surface area contributed by atoms with Crippen molar-refractivity contribution in [3.63, 3.8) is 0 Å². The topological polar surface area (TPSA) is 26.0 Å². The quantitative estimate of drug-likeness (QED) is 0.805. The zero-order valence-corrected chi connectivity index (χ0v) is 10.4. The van der Waals surface area contributed by atoms with Gasteiger partial charge in [0.1, 0.15) is 0 Å². The summed E-state index contributed by atoms with van der Waals surface area (Å²) in [5.41, 5.74) is 9.11. The van der Waals surface area contributed by atoms with Gasteiger partial charge >= 0.3 is 0 Å². The molecule has 84 valence electrons. The van der Waals surface area contributed by atoms with Crippen LogP contribution in [0.5, 0.6) is 0 Å². The average molecular weight is 205 g/mol. The van der Waals surface area contributed by atoms with Gasteiger partial charge in [-0.2, -0.15) is 0 Å². The molecular formula is C14H23N. The number of hydrogen-bond donors (Lipinski definition) is 1. The minimum Gasteiger partial charge on any atom is -0.327 e. The highest BCUT2D eigenvalue weighted by Gasteiger charge is 2.15. The van der Waals surface area contributed by atoms with Crippen molar-refractivity contribution in [1.29, 1.82) is 0 Å². The van der Waals surface area contributed by atoms with E-state index in [1.165, 1.54) is 11.1 Å². The van der Waals surface area contributed by atoms with Crippen LogP contribution in [-0.4, -0.2) is 6.04 Å². The van der Waals surface area contributed by atoms with Gasteiger partial charge < -0.3 is 5.73 Å². The van der Waals surface area contributed by atoms with Crippen LogP contribution in [-0.2, 0) is 6.42 Å². The van der Waals surface area contributed by atoms with E-state index in [0.29, 0.717) is 5.41 Å². The molecule has 0 heterocycles. The number of aryl methyl sites for hydroxylation is 1. The second-order valence-corrected chi connectivity index (χ2v) is 5.71. The zero-order valence-electron chi connectivity index (χ0n) is 10.4. The molecule has 15 heavy (non-hydrogen) atoms. The van der Waals surface area contributed by atoms with Crippen LogP contribution in [0, 0.1) is 12.3 Å². The van der Waals surface area contributed by atoms with Crippen molar-refractivity contribution in [2.45, 2.75) is 46.6 Å². The van der Waals surface area contributed by atoms with E-state index >= 15 is 0 Å². The molecule has 1 aromatic rings. The molecule has 1 heteroatoms. The highest BCUT2D eigenvalue weighted by Crippen LogP contribution is 2.21. The number of benzene rings is 1. The van der Waals surface area contributed by atoms with Crippen LogP contribution >= 0.6 is 0 Å². The Morgan fingerprint density at radius 3 is 2.13 bits per heavy atom. The largest absolute Gasteiger partial charge is 0.327 e. The van der Waals surface area contributed by atoms with E-state index in [2.05, 4.69) is 52.0 Å². The van der Waals surface area contributed by atoms with Crippen molar-refractivity contribution >= 4 is 0 Å². The van der Waals surface area contributed by atoms with Crippen LogP contribution < -0.4 is 5.73 Å². The predicted octanol–water partition coefficient (Wildman–Crippen LogP) is 3.30. The normalized spacial score (nSPS) is 13.9. The molecule has 0 saturated carbocycles. The van der Waals surface area contributed by atoms with Crippen LogP contribution in [0.4, 0.5) is 0 Å². The van der Waals surface area contributed by atoms with Gasteiger partial charge in [0.25, 0.3) is 0 Å². The monoisotopic (exact) mass is 205 g/mol. The fourth-order valence-electron chi connectivity index (χ4n) is 1.89. The third-order valence-electron chi connectivity index (χ3n) is 2.49. The van der Waals surface area contributed by atoms with Crippen LogP contribution in [0.15, 0.2) is 24.3 Å². The molecule has 0 spiro atoms. The molecule has 1 nitrogen and oxygen atoms in total. The van der Waals surface area contributed by atoms with Crippen LogP contribution in [0.25, 0.3) is 0 Å². The minimum absolute atomic E-state index is 0.271. The molecular weight excluding hydrogens is 182 g/mol. The molecule has 0 aliphatic carbocycles. The molecule has 0 fully saturated rings. The smallest absolute Gasteiger partial charge is 0.00843 e. The van der Waals surface area contributed by atoms with Crippen molar-refractivity contribution < 1.29 is 0 Å². The Balaban J connectivity index is 2.51. The third kappa shape index (κ3) is 4.98. The molecule has 0 aliphatic rings. The fourth-order valence-corrected chi connectivity index (χ4v) is 1.89. The lowest BCUT2D eigenvalue weighted by atomic mass is 9.86. The van der Waals surface area contributed by atoms with Crippen LogP contribution in [0.1, 0.15) is 38.3 Å². The molecule has 0 bridgehead atoms. The van der Waals surface area contributed by atoms with E-state index < -0.39 is 0 Å². The van der Waals surface area contributed by atoms with Gasteiger partial charge in [0.15, 0.2) is 0 Å². The molecule has 0 radical (unpaired) electrons. The van der Waals surface area contributed by atoms with Crippen molar-refractivity contribution in [3.05, 3.63) is 35.4 Å². The first-order chi connectivity index (χ1) is 6.87. The summed E-state index contributed by atoms with van der Waals surface area (Å²) >= 11 is 0. The van der Waals surface area contributed by atoms with Gasteiger partial charge in [0.2, 0.25) is 0 Å². The molecule has 0 amide bonds. The molecule has 1 rings (SSSR count). The van der Waals surface area contributed by atoms with Crippen molar-refractivity contribution in [2.24, 2.45) is 11.1 Å². The Kier molecular flexibility index (Phi) is 3.92. The lowest BCUT2D eigenvalue weighted by Crippen LogP contribution is -2.28. The Hall–Kier alpha value is -0.820. The van der Waals surface area contributed by atoms with E-state index in [4.69, 9.17) is 5.73 Å². The molecule has 1 atom stereocenters. The van der Waals surface area contributed by atoms with Gasteiger partial charge in [-0.05, 0) is 30.7 Å². The minimum atomic E-state index is 0.271. The highest BCUT2D eigenvalue weighted by molar-refractivity contribution is 5.22. The second kappa shape index (κ2) is 4.80. The van der Waals surface area contributed by atoms with Gasteiger partial charge in [-0.15, -0.1) is 0 Å². The van der Waals surface area contributed by atoms with E-state index in [0.717, 1.165) is 12.8 Å². The van der Waals surface area contributed by atoms with Crippen molar-refractivity contribution in [3.8, 4) is 0 Å². The first-order valence-electron chi connectivity index (χ1n) is 5.68. The summed E-state index contributed by atoms with van der Waals surface area (Å²) in [6.07, 6.45) is 2.05. The van der Waals surface area contributed by atoms with Gasteiger partial charge in [-0.3, -0.25) is 0 Å². The summed E-state index contributed by atoms with van der Waals surface area (Å²) in [7, 11) is 0. The average Bonchev–Trinajstić information content (AvgIpc) is 2.05. The molecule has 2 N–H and O–H groups in total. The third-order valence-corrected chi connectivity index (χ3v) is 2.49. The fraction of sp³-hybridized carbons (Fsp3) is 0.571. The second-order valence-electron chi connectivity index (χ2n) is 5.71. The van der Waals surface area contributed by atoms with Gasteiger partial charge in [0, 0.05) is 6.04 Å². The van der Waals surface area contributed by atoms with Gasteiger partial charge in [-0.25, -0.2) is 0 Å². The standard InChI is InChI=1S/C14H23N/c1-11-5-7-12(8-6-11)9-13(15)10-14(2,3)4/h5-8,13H,9-10,15H2,1-4H3. The van der Waals surface area contributed by atoms with Crippen molar-refractivity contribution in [2.75, 3.05) is 0 Å². The Morgan fingerprint density at radius 1 is 1.13 bits per heavy atom. The summed E-state index contributed by atoms with van der Waals surface area (Å²) in [5, 5.41) is 0. The maximum Gasteiger partial charge on any atom is 0.00843 e. The van der Waals surface area contributed by atoms with Crippen LogP contribution in [0.2, 0.25) is 0 Å². The molecule has 0 aliphatic heterocycles. The Labute approximate surface area is 93.7 Å². The number of rotatable bonds is 3. The number of hydrogen-bond acceptors (Lipinski definition) is 1. The van der Waals surface area contributed by atoms with E-state index in [9.17, 15) is 0 Å². The molecule has 0 saturated heterocycles. The first kappa shape index (κ1) is 12.3. The summed E-state index contributed by atoms with van der Waals surface area (Å²) < 4.78 is 0. The van der Waals surface area contributed by atoms with E-state index in [-0.39, 0.29) is 6.04 Å². The maximum absolute atomic E-state index is 6.13. The van der Waals surface area contributed by atoms with E-state index in [1.54, 1.807) is 0 Å². The summed E-state index contributed by atoms with van der Waals surface area (Å²) in [6.45, 7) is 8.82. The van der Waals surface area contributed by atoms with Gasteiger partial charge in [-0.1, -0.05) is 50.6 Å². The van der Waals surface area contributed by atoms with E-state index in [1.807, 2.05) is 0 Å². The molecule has 1 unspecified atom stereocenters. The number of nitrogens with two attached hydrogens (primary N) is 1. The SMILES string of the molecule is Cc1ccc(CC(N)CC(C)(C)C)cc1. The lowest BCUT2D eigenvalue weighted by Gasteiger charge is -2.23.